The summed E-state index contributed by atoms with van der Waals surface area (Å²) in [6, 6.07) is 0. The molecule has 0 fully saturated rings. The van der Waals surface area contributed by atoms with Crippen LogP contribution in [0.2, 0.25) is 0 Å². The lowest BCUT2D eigenvalue weighted by Crippen LogP contribution is -1.62. The molecule has 0 radical (unpaired) electrons. The van der Waals surface area contributed by atoms with E-state index in [2.05, 4.69) is 0 Å². The van der Waals surface area contributed by atoms with Crippen molar-refractivity contribution in [3.05, 3.63) is 0 Å². The third kappa shape index (κ3) is 2.27. The first-order valence-electron chi connectivity index (χ1n) is 0.787. The number of rotatable bonds is 1. The Morgan fingerprint density at radius 3 is 2.00 bits per heavy atom. The maximum Gasteiger partial charge on any atom is 0.114 e. The van der Waals surface area contributed by atoms with Gasteiger partial charge in [-0.15, -0.1) is 0 Å². The monoisotopic (exact) mass is 80.0 g/mol. The lowest BCUT2D eigenvalue weighted by atomic mass is 11.7. The van der Waals surface area contributed by atoms with E-state index in [0.29, 0.717) is 12.0 Å². The average Bonchev–Trinajstić information content (AvgIpc) is 1.37. The lowest BCUT2D eigenvalue weighted by Gasteiger charge is -1.69. The molecule has 0 aliphatic heterocycles. The molecule has 0 bridgehead atoms. The van der Waals surface area contributed by atoms with Gasteiger partial charge in [-0.1, -0.05) is 0 Å². The Bertz CT molecular complexity index is 8.00. The molecule has 0 aliphatic carbocycles. The van der Waals surface area contributed by atoms with Crippen LogP contribution in [0.1, 0.15) is 0 Å². The fourth-order valence-electron chi connectivity index (χ4n) is 0. The van der Waals surface area contributed by atoms with Crippen LogP contribution in [0.15, 0.2) is 0 Å². The van der Waals surface area contributed by atoms with E-state index in [9.17, 15) is 0 Å². The third-order valence-electron chi connectivity index (χ3n) is 0.0577. The SMILES string of the molecule is OCSO. The van der Waals surface area contributed by atoms with Gasteiger partial charge in [0.25, 0.3) is 0 Å². The molecule has 0 saturated carbocycles. The van der Waals surface area contributed by atoms with E-state index in [1.807, 2.05) is 0 Å². The molecule has 0 unspecified atom stereocenters. The van der Waals surface area contributed by atoms with Crippen molar-refractivity contribution < 1.29 is 9.66 Å². The topological polar surface area (TPSA) is 40.5 Å². The van der Waals surface area contributed by atoms with E-state index in [1.165, 1.54) is 0 Å². The van der Waals surface area contributed by atoms with E-state index in [-0.39, 0.29) is 5.94 Å². The molecule has 0 rings (SSSR count). The summed E-state index contributed by atoms with van der Waals surface area (Å²) in [7, 11) is 0. The highest BCUT2D eigenvalue weighted by Crippen LogP contribution is 1.79. The van der Waals surface area contributed by atoms with Gasteiger partial charge in [-0.05, 0) is 0 Å². The molecule has 3 heteroatoms. The van der Waals surface area contributed by atoms with Crippen LogP contribution < -0.4 is 0 Å². The summed E-state index contributed by atoms with van der Waals surface area (Å²) in [5.41, 5.74) is 0. The Morgan fingerprint density at radius 2 is 2.00 bits per heavy atom. The van der Waals surface area contributed by atoms with Crippen LogP contribution in [-0.2, 0) is 0 Å². The molecule has 2 N–H and O–H groups in total. The Kier molecular flexibility index (Phi) is 3.49. The molecule has 0 atom stereocenters. The lowest BCUT2D eigenvalue weighted by molar-refractivity contribution is 0.367. The van der Waals surface area contributed by atoms with Crippen LogP contribution >= 0.6 is 12.0 Å². The van der Waals surface area contributed by atoms with Crippen LogP contribution in [0.25, 0.3) is 0 Å². The Hall–Kier alpha value is 0.270. The van der Waals surface area contributed by atoms with Crippen LogP contribution in [-0.4, -0.2) is 15.6 Å². The second-order valence-corrected chi connectivity index (χ2v) is 0.775. The van der Waals surface area contributed by atoms with Crippen molar-refractivity contribution in [2.75, 3.05) is 5.94 Å². The Labute approximate surface area is 28.7 Å². The van der Waals surface area contributed by atoms with Crippen LogP contribution in [0.3, 0.4) is 0 Å². The van der Waals surface area contributed by atoms with Crippen LogP contribution in [0.5, 0.6) is 0 Å². The molecule has 0 aromatic carbocycles. The first kappa shape index (κ1) is 4.27. The minimum atomic E-state index is -0.208. The van der Waals surface area contributed by atoms with Crippen molar-refractivity contribution >= 4 is 12.0 Å². The first-order chi connectivity index (χ1) is 1.91. The van der Waals surface area contributed by atoms with E-state index in [4.69, 9.17) is 9.66 Å². The summed E-state index contributed by atoms with van der Waals surface area (Å²) in [6.45, 7) is 0. The Morgan fingerprint density at radius 1 is 1.75 bits per heavy atom. The highest BCUT2D eigenvalue weighted by atomic mass is 32.2. The van der Waals surface area contributed by atoms with E-state index < -0.39 is 0 Å². The van der Waals surface area contributed by atoms with Crippen molar-refractivity contribution in [2.45, 2.75) is 0 Å². The highest BCUT2D eigenvalue weighted by molar-refractivity contribution is 7.93. The van der Waals surface area contributed by atoms with Crippen molar-refractivity contribution in [2.24, 2.45) is 0 Å². The number of hydrogen-bond acceptors (Lipinski definition) is 3. The molecule has 4 heavy (non-hydrogen) atoms. The maximum absolute atomic E-state index is 7.59. The van der Waals surface area contributed by atoms with Gasteiger partial charge in [0.2, 0.25) is 0 Å². The molecular formula is CH4O2S. The van der Waals surface area contributed by atoms with Crippen molar-refractivity contribution in [1.29, 1.82) is 0 Å². The summed E-state index contributed by atoms with van der Waals surface area (Å²) in [6.07, 6.45) is 0. The fraction of sp³-hybridized carbons (Fsp3) is 1.00. The van der Waals surface area contributed by atoms with Crippen molar-refractivity contribution in [1.82, 2.24) is 0 Å². The number of aliphatic hydroxyl groups excluding tert-OH is 1. The number of hydrogen-bond donors (Lipinski definition) is 2. The second-order valence-electron chi connectivity index (χ2n) is 0.258. The summed E-state index contributed by atoms with van der Waals surface area (Å²) < 4.78 is 7.54. The smallest absolute Gasteiger partial charge is 0.114 e. The van der Waals surface area contributed by atoms with Gasteiger partial charge in [-0.2, -0.15) is 0 Å². The zero-order chi connectivity index (χ0) is 3.41. The minimum absolute atomic E-state index is 0.208. The van der Waals surface area contributed by atoms with Gasteiger partial charge in [0.15, 0.2) is 0 Å². The summed E-state index contributed by atoms with van der Waals surface area (Å²) in [5, 5.41) is 7.59. The molecule has 0 saturated heterocycles. The molecule has 0 amide bonds. The third-order valence-corrected chi connectivity index (χ3v) is 0.173. The summed E-state index contributed by atoms with van der Waals surface area (Å²) >= 11 is 0.412. The first-order valence-corrected chi connectivity index (χ1v) is 1.73. The quantitative estimate of drug-likeness (QED) is 0.348. The van der Waals surface area contributed by atoms with Gasteiger partial charge in [0.05, 0.1) is 0 Å². The standard InChI is InChI=1S/CH4O2S/c2-1-4-3/h2-3H,1H2. The second kappa shape index (κ2) is 3.27. The summed E-state index contributed by atoms with van der Waals surface area (Å²) in [4.78, 5) is 0. The molecule has 0 aromatic rings. The Balaban J connectivity index is 1.97. The van der Waals surface area contributed by atoms with Gasteiger partial charge in [-0.25, -0.2) is 0 Å². The molecule has 26 valence electrons. The molecule has 0 aliphatic rings. The van der Waals surface area contributed by atoms with Gasteiger partial charge in [0.1, 0.15) is 5.94 Å². The normalized spacial score (nSPS) is 7.50. The van der Waals surface area contributed by atoms with E-state index in [0.717, 1.165) is 0 Å². The predicted octanol–water partition coefficient (Wildman–Crippen LogP) is 0.142. The number of aliphatic hydroxyl groups is 1. The zero-order valence-electron chi connectivity index (χ0n) is 2.01. The molecular weight excluding hydrogens is 76.1 g/mol. The van der Waals surface area contributed by atoms with Gasteiger partial charge < -0.3 is 9.66 Å². The van der Waals surface area contributed by atoms with E-state index >= 15 is 0 Å². The maximum atomic E-state index is 7.59. The zero-order valence-corrected chi connectivity index (χ0v) is 2.83. The molecule has 2 nitrogen and oxygen atoms in total. The van der Waals surface area contributed by atoms with Crippen LogP contribution in [0, 0.1) is 0 Å². The van der Waals surface area contributed by atoms with Gasteiger partial charge in [-0.3, -0.25) is 0 Å². The van der Waals surface area contributed by atoms with Crippen LogP contribution in [0.4, 0.5) is 0 Å². The van der Waals surface area contributed by atoms with Crippen molar-refractivity contribution in [3.8, 4) is 0 Å². The van der Waals surface area contributed by atoms with Crippen molar-refractivity contribution in [3.63, 3.8) is 0 Å². The minimum Gasteiger partial charge on any atom is -0.383 e. The highest BCUT2D eigenvalue weighted by Gasteiger charge is 1.58. The largest absolute Gasteiger partial charge is 0.383 e. The molecule has 0 aromatic heterocycles. The predicted molar refractivity (Wildman–Crippen MR) is 17.3 cm³/mol. The van der Waals surface area contributed by atoms with E-state index in [1.54, 1.807) is 0 Å². The summed E-state index contributed by atoms with van der Waals surface area (Å²) in [5.74, 6) is -0.208. The molecule has 0 spiro atoms. The van der Waals surface area contributed by atoms with Gasteiger partial charge in [0, 0.05) is 12.0 Å². The molecule has 0 heterocycles. The van der Waals surface area contributed by atoms with Gasteiger partial charge >= 0.3 is 0 Å². The fourth-order valence-corrected chi connectivity index (χ4v) is 0. The average molecular weight is 80.1 g/mol.